The van der Waals surface area contributed by atoms with Crippen LogP contribution in [0, 0.1) is 0 Å². The summed E-state index contributed by atoms with van der Waals surface area (Å²) >= 11 is 0. The molecule has 0 aliphatic carbocycles. The number of ether oxygens (including phenoxy) is 1. The number of esters is 1. The fraction of sp³-hybridized carbons (Fsp3) is 0.308. The maximum absolute atomic E-state index is 13.1. The highest BCUT2D eigenvalue weighted by atomic mass is 16.6. The van der Waals surface area contributed by atoms with Crippen LogP contribution in [0.5, 0.6) is 0 Å². The minimum atomic E-state index is -0.912. The quantitative estimate of drug-likeness (QED) is 0.543. The fourth-order valence-electron chi connectivity index (χ4n) is 4.23. The molecule has 1 aliphatic rings. The third kappa shape index (κ3) is 4.71. The van der Waals surface area contributed by atoms with E-state index in [2.05, 4.69) is 4.98 Å². The first-order valence-corrected chi connectivity index (χ1v) is 11.1. The molecule has 1 atom stereocenters. The molecule has 0 saturated carbocycles. The van der Waals surface area contributed by atoms with E-state index < -0.39 is 23.5 Å². The van der Waals surface area contributed by atoms with E-state index in [1.165, 1.54) is 4.90 Å². The number of hydrogen-bond acceptors (Lipinski definition) is 6. The molecule has 8 heteroatoms. The highest BCUT2D eigenvalue weighted by molar-refractivity contribution is 6.02. The number of nitrogens with zero attached hydrogens (tertiary/aromatic N) is 2. The van der Waals surface area contributed by atoms with Crippen LogP contribution in [0.3, 0.4) is 0 Å². The average molecular weight is 461 g/mol. The number of rotatable bonds is 6. The summed E-state index contributed by atoms with van der Waals surface area (Å²) in [5.41, 5.74) is 13.9. The number of hydrogen-bond donors (Lipinski definition) is 2. The Morgan fingerprint density at radius 3 is 2.59 bits per heavy atom. The van der Waals surface area contributed by atoms with Crippen LogP contribution in [0.4, 0.5) is 5.82 Å². The van der Waals surface area contributed by atoms with Crippen LogP contribution in [0.1, 0.15) is 49.5 Å². The summed E-state index contributed by atoms with van der Waals surface area (Å²) in [6.45, 7) is 5.53. The van der Waals surface area contributed by atoms with Crippen molar-refractivity contribution in [2.75, 3.05) is 5.73 Å². The zero-order chi connectivity index (χ0) is 24.6. The van der Waals surface area contributed by atoms with Crippen molar-refractivity contribution in [3.8, 4) is 11.3 Å². The van der Waals surface area contributed by atoms with E-state index in [-0.39, 0.29) is 25.3 Å². The van der Waals surface area contributed by atoms with Gasteiger partial charge >= 0.3 is 5.97 Å². The number of carbonyl (C=O) groups excluding carboxylic acids is 3. The Hall–Kier alpha value is -3.94. The maximum Gasteiger partial charge on any atom is 0.306 e. The Balaban J connectivity index is 1.56. The van der Waals surface area contributed by atoms with Gasteiger partial charge in [-0.2, -0.15) is 0 Å². The summed E-state index contributed by atoms with van der Waals surface area (Å²) < 4.78 is 5.31. The van der Waals surface area contributed by atoms with Crippen LogP contribution in [-0.4, -0.2) is 39.3 Å². The van der Waals surface area contributed by atoms with Crippen LogP contribution in [-0.2, 0) is 20.9 Å². The van der Waals surface area contributed by atoms with Gasteiger partial charge in [-0.1, -0.05) is 30.3 Å². The third-order valence-electron chi connectivity index (χ3n) is 5.75. The number of benzene rings is 2. The van der Waals surface area contributed by atoms with Crippen molar-refractivity contribution in [3.63, 3.8) is 0 Å². The van der Waals surface area contributed by atoms with Gasteiger partial charge in [0.15, 0.2) is 0 Å². The molecule has 4 N–H and O–H groups in total. The van der Waals surface area contributed by atoms with Gasteiger partial charge in [0.25, 0.3) is 5.91 Å². The number of nitrogen functional groups attached to an aromatic ring is 1. The van der Waals surface area contributed by atoms with Crippen LogP contribution in [0.15, 0.2) is 48.5 Å². The van der Waals surface area contributed by atoms with Crippen LogP contribution in [0.25, 0.3) is 22.0 Å². The van der Waals surface area contributed by atoms with Gasteiger partial charge < -0.3 is 21.1 Å². The predicted molar refractivity (Wildman–Crippen MR) is 130 cm³/mol. The van der Waals surface area contributed by atoms with Crippen molar-refractivity contribution >= 4 is 34.4 Å². The molecule has 1 unspecified atom stereocenters. The van der Waals surface area contributed by atoms with E-state index in [1.807, 2.05) is 42.5 Å². The molecule has 2 aromatic carbocycles. The van der Waals surface area contributed by atoms with E-state index in [0.717, 1.165) is 21.9 Å². The van der Waals surface area contributed by atoms with Gasteiger partial charge in [0.2, 0.25) is 5.91 Å². The molecule has 4 rings (SSSR count). The maximum atomic E-state index is 13.1. The molecule has 1 aliphatic heterocycles. The van der Waals surface area contributed by atoms with Crippen molar-refractivity contribution in [3.05, 3.63) is 59.7 Å². The van der Waals surface area contributed by atoms with E-state index in [9.17, 15) is 14.4 Å². The smallest absolute Gasteiger partial charge is 0.306 e. The van der Waals surface area contributed by atoms with Crippen LogP contribution < -0.4 is 11.5 Å². The Bertz CT molecular complexity index is 1300. The molecular formula is C26H28N4O4. The van der Waals surface area contributed by atoms with Crippen molar-refractivity contribution in [2.45, 2.75) is 51.8 Å². The van der Waals surface area contributed by atoms with E-state index in [4.69, 9.17) is 16.2 Å². The Kier molecular flexibility index (Phi) is 6.00. The largest absolute Gasteiger partial charge is 0.460 e. The minimum absolute atomic E-state index is 0.0173. The van der Waals surface area contributed by atoms with Crippen molar-refractivity contribution < 1.29 is 19.1 Å². The zero-order valence-corrected chi connectivity index (χ0v) is 19.5. The highest BCUT2D eigenvalue weighted by Crippen LogP contribution is 2.32. The molecule has 176 valence electrons. The number of primary amides is 1. The number of nitrogens with two attached hydrogens (primary N) is 2. The SMILES string of the molecule is CC(C)(C)OC(=O)CCC(C(N)=O)N1Cc2cc(-c3cc4ccccc4c(N)n3)ccc2C1=O. The lowest BCUT2D eigenvalue weighted by Crippen LogP contribution is -2.45. The summed E-state index contributed by atoms with van der Waals surface area (Å²) in [5, 5.41) is 1.85. The lowest BCUT2D eigenvalue weighted by Gasteiger charge is -2.25. The van der Waals surface area contributed by atoms with E-state index in [0.29, 0.717) is 17.1 Å². The first kappa shape index (κ1) is 23.2. The summed E-state index contributed by atoms with van der Waals surface area (Å²) in [6, 6.07) is 14.2. The third-order valence-corrected chi connectivity index (χ3v) is 5.75. The molecule has 0 fully saturated rings. The molecule has 3 aromatic rings. The van der Waals surface area contributed by atoms with Gasteiger partial charge in [-0.05, 0) is 56.3 Å². The molecule has 8 nitrogen and oxygen atoms in total. The summed E-state index contributed by atoms with van der Waals surface area (Å²) in [5.74, 6) is -0.957. The Morgan fingerprint density at radius 2 is 1.88 bits per heavy atom. The fourth-order valence-corrected chi connectivity index (χ4v) is 4.23. The summed E-state index contributed by atoms with van der Waals surface area (Å²) in [4.78, 5) is 43.3. The molecule has 0 bridgehead atoms. The number of carbonyl (C=O) groups is 3. The average Bonchev–Trinajstić information content (AvgIpc) is 3.08. The van der Waals surface area contributed by atoms with Gasteiger partial charge in [-0.25, -0.2) is 4.98 Å². The number of amides is 2. The van der Waals surface area contributed by atoms with Gasteiger partial charge in [0, 0.05) is 29.5 Å². The van der Waals surface area contributed by atoms with Crippen molar-refractivity contribution in [1.29, 1.82) is 0 Å². The molecule has 0 spiro atoms. The molecule has 0 saturated heterocycles. The van der Waals surface area contributed by atoms with E-state index >= 15 is 0 Å². The molecule has 2 amide bonds. The van der Waals surface area contributed by atoms with Gasteiger partial charge in [0.05, 0.1) is 5.69 Å². The number of anilines is 1. The zero-order valence-electron chi connectivity index (χ0n) is 19.5. The second-order valence-corrected chi connectivity index (χ2v) is 9.46. The first-order chi connectivity index (χ1) is 16.0. The number of aromatic nitrogens is 1. The number of fused-ring (bicyclic) bond motifs is 2. The predicted octanol–water partition coefficient (Wildman–Crippen LogP) is 3.42. The normalized spacial score (nSPS) is 14.2. The van der Waals surface area contributed by atoms with Crippen LogP contribution in [0.2, 0.25) is 0 Å². The molecular weight excluding hydrogens is 432 g/mol. The van der Waals surface area contributed by atoms with Gasteiger partial charge in [0.1, 0.15) is 17.5 Å². The summed E-state index contributed by atoms with van der Waals surface area (Å²) in [7, 11) is 0. The highest BCUT2D eigenvalue weighted by Gasteiger charge is 2.36. The lowest BCUT2D eigenvalue weighted by molar-refractivity contribution is -0.155. The Morgan fingerprint density at radius 1 is 1.15 bits per heavy atom. The molecule has 34 heavy (non-hydrogen) atoms. The topological polar surface area (TPSA) is 129 Å². The van der Waals surface area contributed by atoms with Crippen molar-refractivity contribution in [2.24, 2.45) is 5.73 Å². The second kappa shape index (κ2) is 8.78. The molecule has 0 radical (unpaired) electrons. The molecule has 1 aromatic heterocycles. The van der Waals surface area contributed by atoms with Gasteiger partial charge in [-0.15, -0.1) is 0 Å². The van der Waals surface area contributed by atoms with Crippen LogP contribution >= 0.6 is 0 Å². The second-order valence-electron chi connectivity index (χ2n) is 9.46. The van der Waals surface area contributed by atoms with E-state index in [1.54, 1.807) is 26.8 Å². The number of pyridine rings is 1. The van der Waals surface area contributed by atoms with Gasteiger partial charge in [-0.3, -0.25) is 14.4 Å². The monoisotopic (exact) mass is 460 g/mol. The molecule has 2 heterocycles. The minimum Gasteiger partial charge on any atom is -0.460 e. The first-order valence-electron chi connectivity index (χ1n) is 11.1. The standard InChI is InChI=1S/C26H28N4O4/c1-26(2,3)34-22(31)11-10-21(24(28)32)30-14-17-12-16(8-9-19(17)25(30)33)20-13-15-6-4-5-7-18(15)23(27)29-20/h4-9,12-13,21H,10-11,14H2,1-3H3,(H2,27,29)(H2,28,32). The van der Waals surface area contributed by atoms with Crippen molar-refractivity contribution in [1.82, 2.24) is 9.88 Å². The lowest BCUT2D eigenvalue weighted by atomic mass is 10.0. The summed E-state index contributed by atoms with van der Waals surface area (Å²) in [6.07, 6.45) is 0.0795. The Labute approximate surface area is 197 Å².